The van der Waals surface area contributed by atoms with Crippen molar-refractivity contribution >= 4 is 30.6 Å². The molecule has 41 heavy (non-hydrogen) atoms. The van der Waals surface area contributed by atoms with E-state index in [1.54, 1.807) is 62.8 Å². The predicted octanol–water partition coefficient (Wildman–Crippen LogP) is 7.35. The molecule has 0 aliphatic carbocycles. The highest BCUT2D eigenvalue weighted by Crippen LogP contribution is 2.47. The van der Waals surface area contributed by atoms with E-state index < -0.39 is 18.4 Å². The van der Waals surface area contributed by atoms with Gasteiger partial charge in [0, 0.05) is 5.56 Å². The van der Waals surface area contributed by atoms with Gasteiger partial charge in [-0.1, -0.05) is 50.6 Å². The molecule has 0 atom stereocenters. The van der Waals surface area contributed by atoms with E-state index >= 15 is 0 Å². The summed E-state index contributed by atoms with van der Waals surface area (Å²) in [7, 11) is -0.540. The van der Waals surface area contributed by atoms with Gasteiger partial charge < -0.3 is 27.6 Å². The molecule has 0 heterocycles. The van der Waals surface area contributed by atoms with Crippen LogP contribution < -0.4 is 27.6 Å². The third-order valence-electron chi connectivity index (χ3n) is 7.13. The van der Waals surface area contributed by atoms with E-state index in [0.29, 0.717) is 28.6 Å². The van der Waals surface area contributed by atoms with Crippen molar-refractivity contribution in [1.82, 2.24) is 0 Å². The molecule has 0 amide bonds. The van der Waals surface area contributed by atoms with E-state index in [2.05, 4.69) is 33.9 Å². The second kappa shape index (κ2) is 12.5. The van der Waals surface area contributed by atoms with Crippen molar-refractivity contribution in [3.8, 4) is 34.5 Å². The van der Waals surface area contributed by atoms with Gasteiger partial charge >= 0.3 is 10.1 Å². The maximum atomic E-state index is 13.5. The van der Waals surface area contributed by atoms with Crippen LogP contribution in [-0.4, -0.2) is 45.2 Å². The fourth-order valence-corrected chi connectivity index (χ4v) is 5.66. The van der Waals surface area contributed by atoms with Gasteiger partial charge in [-0.2, -0.15) is 8.42 Å². The molecule has 0 aliphatic rings. The number of hydrogen-bond donors (Lipinski definition) is 0. The largest absolute Gasteiger partial charge is 0.538 e. The molecule has 3 aromatic rings. The molecule has 0 saturated carbocycles. The minimum Gasteiger partial charge on any atom is -0.538 e. The zero-order valence-corrected chi connectivity index (χ0v) is 27.3. The standard InChI is InChI=1S/C31H40O8SSi/c1-21-11-16-24(17-12-21)40(32,33)38-28-23(14-13-22-19-26(35-6)29(37-8)27(20-22)36-7)15-18-25(34-5)30(28)39-41(9,10)31(2,3)4/h11-20H,1-10H3/b14-13-. The zero-order valence-electron chi connectivity index (χ0n) is 25.4. The molecule has 8 nitrogen and oxygen atoms in total. The lowest BCUT2D eigenvalue weighted by Gasteiger charge is -2.37. The lowest BCUT2D eigenvalue weighted by Crippen LogP contribution is -2.44. The van der Waals surface area contributed by atoms with E-state index in [0.717, 1.165) is 11.1 Å². The van der Waals surface area contributed by atoms with Gasteiger partial charge in [-0.3, -0.25) is 0 Å². The van der Waals surface area contributed by atoms with E-state index in [1.165, 1.54) is 26.4 Å². The highest BCUT2D eigenvalue weighted by Gasteiger charge is 2.41. The molecule has 0 saturated heterocycles. The van der Waals surface area contributed by atoms with Gasteiger partial charge in [0.1, 0.15) is 4.90 Å². The Bertz CT molecular complexity index is 1480. The van der Waals surface area contributed by atoms with Crippen LogP contribution in [0.4, 0.5) is 0 Å². The number of rotatable bonds is 11. The second-order valence-electron chi connectivity index (χ2n) is 11.0. The first-order valence-electron chi connectivity index (χ1n) is 13.1. The third kappa shape index (κ3) is 7.18. The highest BCUT2D eigenvalue weighted by atomic mass is 32.2. The van der Waals surface area contributed by atoms with Gasteiger partial charge in [-0.05, 0) is 67.0 Å². The van der Waals surface area contributed by atoms with Crippen molar-refractivity contribution in [2.24, 2.45) is 0 Å². The average Bonchev–Trinajstić information content (AvgIpc) is 2.91. The highest BCUT2D eigenvalue weighted by molar-refractivity contribution is 7.87. The monoisotopic (exact) mass is 600 g/mol. The Hall–Kier alpha value is -3.63. The first-order valence-corrected chi connectivity index (χ1v) is 17.4. The Morgan fingerprint density at radius 1 is 0.707 bits per heavy atom. The minimum atomic E-state index is -4.21. The molecule has 0 fully saturated rings. The molecule has 0 bridgehead atoms. The lowest BCUT2D eigenvalue weighted by atomic mass is 10.1. The fourth-order valence-electron chi connectivity index (χ4n) is 3.69. The van der Waals surface area contributed by atoms with Crippen LogP contribution in [0.5, 0.6) is 34.5 Å². The summed E-state index contributed by atoms with van der Waals surface area (Å²) in [5.41, 5.74) is 2.14. The second-order valence-corrected chi connectivity index (χ2v) is 17.3. The first-order chi connectivity index (χ1) is 19.2. The van der Waals surface area contributed by atoms with Crippen LogP contribution in [0.25, 0.3) is 12.2 Å². The summed E-state index contributed by atoms with van der Waals surface area (Å²) < 4.78 is 61.6. The van der Waals surface area contributed by atoms with Crippen molar-refractivity contribution in [1.29, 1.82) is 0 Å². The number of benzene rings is 3. The van der Waals surface area contributed by atoms with E-state index in [4.69, 9.17) is 27.6 Å². The quantitative estimate of drug-likeness (QED) is 0.128. The van der Waals surface area contributed by atoms with Gasteiger partial charge in [-0.25, -0.2) is 0 Å². The van der Waals surface area contributed by atoms with Crippen molar-refractivity contribution < 1.29 is 36.0 Å². The van der Waals surface area contributed by atoms with Gasteiger partial charge in [0.05, 0.1) is 28.4 Å². The van der Waals surface area contributed by atoms with E-state index in [-0.39, 0.29) is 21.4 Å². The van der Waals surface area contributed by atoms with Crippen LogP contribution in [0.1, 0.15) is 37.5 Å². The number of ether oxygens (including phenoxy) is 4. The maximum absolute atomic E-state index is 13.5. The Balaban J connectivity index is 2.23. The van der Waals surface area contributed by atoms with Crippen LogP contribution >= 0.6 is 0 Å². The molecule has 3 aromatic carbocycles. The zero-order chi connectivity index (χ0) is 30.6. The summed E-state index contributed by atoms with van der Waals surface area (Å²) in [6.07, 6.45) is 3.55. The minimum absolute atomic E-state index is 0.0313. The molecular weight excluding hydrogens is 560 g/mol. The van der Waals surface area contributed by atoms with Crippen molar-refractivity contribution in [2.75, 3.05) is 28.4 Å². The normalized spacial score (nSPS) is 12.2. The van der Waals surface area contributed by atoms with Gasteiger partial charge in [0.15, 0.2) is 28.7 Å². The van der Waals surface area contributed by atoms with Crippen LogP contribution in [0.2, 0.25) is 18.1 Å². The molecule has 0 radical (unpaired) electrons. The Morgan fingerprint density at radius 2 is 1.27 bits per heavy atom. The molecule has 10 heteroatoms. The third-order valence-corrected chi connectivity index (χ3v) is 12.7. The van der Waals surface area contributed by atoms with Crippen molar-refractivity contribution in [2.45, 2.75) is 50.7 Å². The summed E-state index contributed by atoms with van der Waals surface area (Å²) in [6, 6.07) is 13.5. The average molecular weight is 601 g/mol. The van der Waals surface area contributed by atoms with E-state index in [1.807, 2.05) is 6.92 Å². The van der Waals surface area contributed by atoms with Gasteiger partial charge in [0.25, 0.3) is 8.32 Å². The van der Waals surface area contributed by atoms with Gasteiger partial charge in [0.2, 0.25) is 5.75 Å². The summed E-state index contributed by atoms with van der Waals surface area (Å²) in [5, 5.41) is -0.173. The summed E-state index contributed by atoms with van der Waals surface area (Å²) in [4.78, 5) is 0.0313. The fraction of sp³-hybridized carbons (Fsp3) is 0.355. The lowest BCUT2D eigenvalue weighted by molar-refractivity contribution is 0.324. The van der Waals surface area contributed by atoms with Crippen LogP contribution in [0, 0.1) is 6.92 Å². The molecule has 0 N–H and O–H groups in total. The summed E-state index contributed by atoms with van der Waals surface area (Å²) >= 11 is 0. The molecule has 0 unspecified atom stereocenters. The van der Waals surface area contributed by atoms with E-state index in [9.17, 15) is 8.42 Å². The van der Waals surface area contributed by atoms with Crippen LogP contribution in [-0.2, 0) is 10.1 Å². The Morgan fingerprint density at radius 3 is 1.76 bits per heavy atom. The summed E-state index contributed by atoms with van der Waals surface area (Å²) in [6.45, 7) is 12.3. The molecule has 0 aliphatic heterocycles. The van der Waals surface area contributed by atoms with Crippen molar-refractivity contribution in [3.63, 3.8) is 0 Å². The number of methoxy groups -OCH3 is 4. The molecule has 0 aromatic heterocycles. The topological polar surface area (TPSA) is 89.5 Å². The molecule has 222 valence electrons. The van der Waals surface area contributed by atoms with Crippen LogP contribution in [0.15, 0.2) is 53.4 Å². The smallest absolute Gasteiger partial charge is 0.339 e. The maximum Gasteiger partial charge on any atom is 0.339 e. The number of aryl methyl sites for hydroxylation is 1. The molecule has 0 spiro atoms. The Kier molecular flexibility index (Phi) is 9.71. The summed E-state index contributed by atoms with van der Waals surface area (Å²) in [5.74, 6) is 2.09. The Labute approximate surface area is 245 Å². The molecular formula is C31H40O8SSi. The molecule has 3 rings (SSSR count). The van der Waals surface area contributed by atoms with Crippen LogP contribution in [0.3, 0.4) is 0 Å². The SMILES string of the molecule is COc1cc(/C=C\c2ccc(OC)c(O[Si](C)(C)C(C)(C)C)c2OS(=O)(=O)c2ccc(C)cc2)cc(OC)c1OC. The number of hydrogen-bond acceptors (Lipinski definition) is 8. The first kappa shape index (κ1) is 31.9. The predicted molar refractivity (Wildman–Crippen MR) is 165 cm³/mol. The van der Waals surface area contributed by atoms with Gasteiger partial charge in [-0.15, -0.1) is 0 Å². The van der Waals surface area contributed by atoms with Crippen molar-refractivity contribution in [3.05, 3.63) is 65.2 Å².